The van der Waals surface area contributed by atoms with Crippen molar-refractivity contribution < 1.29 is 13.3 Å². The van der Waals surface area contributed by atoms with Crippen molar-refractivity contribution in [2.45, 2.75) is 45.5 Å². The predicted octanol–water partition coefficient (Wildman–Crippen LogP) is 3.05. The van der Waals surface area contributed by atoms with E-state index in [1.54, 1.807) is 0 Å². The van der Waals surface area contributed by atoms with Gasteiger partial charge < -0.3 is 13.3 Å². The highest BCUT2D eigenvalue weighted by atomic mass is 35.5. The van der Waals surface area contributed by atoms with Crippen LogP contribution >= 0.6 is 11.6 Å². The SMILES string of the molecule is CCO[Si](OCC)(OCC)C(C)C(C)Cl. The van der Waals surface area contributed by atoms with Gasteiger partial charge in [-0.3, -0.25) is 0 Å². The summed E-state index contributed by atoms with van der Waals surface area (Å²) in [6, 6.07) is 0. The van der Waals surface area contributed by atoms with Crippen molar-refractivity contribution >= 4 is 20.4 Å². The van der Waals surface area contributed by atoms with Crippen molar-refractivity contribution in [3.8, 4) is 0 Å². The van der Waals surface area contributed by atoms with Gasteiger partial charge in [0.15, 0.2) is 0 Å². The molecule has 0 aliphatic carbocycles. The third-order valence-corrected chi connectivity index (χ3v) is 6.56. The third kappa shape index (κ3) is 4.40. The highest BCUT2D eigenvalue weighted by molar-refractivity contribution is 6.63. The molecule has 0 bridgehead atoms. The Labute approximate surface area is 99.4 Å². The van der Waals surface area contributed by atoms with Crippen LogP contribution in [0, 0.1) is 0 Å². The van der Waals surface area contributed by atoms with Crippen LogP contribution in [0.25, 0.3) is 0 Å². The molecule has 0 rings (SSSR count). The van der Waals surface area contributed by atoms with Crippen LogP contribution in [0.5, 0.6) is 0 Å². The molecule has 0 fully saturated rings. The van der Waals surface area contributed by atoms with Gasteiger partial charge in [0.2, 0.25) is 0 Å². The zero-order valence-corrected chi connectivity index (χ0v) is 12.1. The van der Waals surface area contributed by atoms with Crippen molar-refractivity contribution in [3.05, 3.63) is 0 Å². The Morgan fingerprint density at radius 2 is 1.27 bits per heavy atom. The Hall–Kier alpha value is 0.387. The van der Waals surface area contributed by atoms with E-state index in [1.165, 1.54) is 0 Å². The molecule has 0 saturated carbocycles. The van der Waals surface area contributed by atoms with Gasteiger partial charge in [0.25, 0.3) is 0 Å². The summed E-state index contributed by atoms with van der Waals surface area (Å²) in [4.78, 5) is 0. The molecule has 0 aromatic heterocycles. The molecule has 0 heterocycles. The van der Waals surface area contributed by atoms with Crippen molar-refractivity contribution in [2.24, 2.45) is 0 Å². The minimum absolute atomic E-state index is 0.0127. The largest absolute Gasteiger partial charge is 0.505 e. The molecule has 0 saturated heterocycles. The van der Waals surface area contributed by atoms with Gasteiger partial charge in [-0.1, -0.05) is 6.92 Å². The second kappa shape index (κ2) is 7.63. The fourth-order valence-corrected chi connectivity index (χ4v) is 4.68. The molecule has 0 N–H and O–H groups in total. The maximum Gasteiger partial charge on any atom is 0.505 e. The van der Waals surface area contributed by atoms with Gasteiger partial charge in [-0.15, -0.1) is 11.6 Å². The molecule has 3 nitrogen and oxygen atoms in total. The first-order valence-corrected chi connectivity index (χ1v) is 7.83. The minimum atomic E-state index is -2.59. The van der Waals surface area contributed by atoms with Crippen molar-refractivity contribution in [3.63, 3.8) is 0 Å². The average Bonchev–Trinajstić information content (AvgIpc) is 2.17. The lowest BCUT2D eigenvalue weighted by Crippen LogP contribution is -2.51. The molecular weight excluding hydrogens is 232 g/mol. The molecular formula is C10H23ClO3Si. The lowest BCUT2D eigenvalue weighted by Gasteiger charge is -2.34. The first-order valence-electron chi connectivity index (χ1n) is 5.59. The summed E-state index contributed by atoms with van der Waals surface area (Å²) in [5, 5.41) is -0.0127. The smallest absolute Gasteiger partial charge is 0.374 e. The Balaban J connectivity index is 4.73. The molecule has 2 atom stereocenters. The van der Waals surface area contributed by atoms with E-state index in [-0.39, 0.29) is 10.9 Å². The van der Waals surface area contributed by atoms with Crippen LogP contribution in [0.3, 0.4) is 0 Å². The number of alkyl halides is 1. The monoisotopic (exact) mass is 254 g/mol. The molecule has 0 aromatic carbocycles. The minimum Gasteiger partial charge on any atom is -0.374 e. The fourth-order valence-electron chi connectivity index (χ4n) is 1.40. The second-order valence-electron chi connectivity index (χ2n) is 3.37. The van der Waals surface area contributed by atoms with E-state index in [4.69, 9.17) is 24.9 Å². The molecule has 0 aliphatic heterocycles. The van der Waals surface area contributed by atoms with Gasteiger partial charge >= 0.3 is 8.80 Å². The van der Waals surface area contributed by atoms with E-state index < -0.39 is 8.80 Å². The maximum absolute atomic E-state index is 6.11. The summed E-state index contributed by atoms with van der Waals surface area (Å²) in [5.74, 6) is 0. The zero-order chi connectivity index (χ0) is 11.9. The third-order valence-electron chi connectivity index (χ3n) is 2.28. The first-order chi connectivity index (χ1) is 7.04. The van der Waals surface area contributed by atoms with Crippen molar-refractivity contribution in [1.82, 2.24) is 0 Å². The Morgan fingerprint density at radius 3 is 1.47 bits per heavy atom. The molecule has 92 valence electrons. The van der Waals surface area contributed by atoms with Gasteiger partial charge in [-0.05, 0) is 27.7 Å². The van der Waals surface area contributed by atoms with Crippen LogP contribution in [-0.2, 0) is 13.3 Å². The van der Waals surface area contributed by atoms with Gasteiger partial charge in [-0.25, -0.2) is 0 Å². The summed E-state index contributed by atoms with van der Waals surface area (Å²) in [6.45, 7) is 11.6. The van der Waals surface area contributed by atoms with E-state index in [0.717, 1.165) is 0 Å². The van der Waals surface area contributed by atoms with E-state index in [9.17, 15) is 0 Å². The number of halogens is 1. The van der Waals surface area contributed by atoms with E-state index in [1.807, 2.05) is 34.6 Å². The van der Waals surface area contributed by atoms with Gasteiger partial charge in [-0.2, -0.15) is 0 Å². The van der Waals surface area contributed by atoms with Crippen LogP contribution in [-0.4, -0.2) is 34.0 Å². The quantitative estimate of drug-likeness (QED) is 0.492. The summed E-state index contributed by atoms with van der Waals surface area (Å²) >= 11 is 6.11. The predicted molar refractivity (Wildman–Crippen MR) is 65.4 cm³/mol. The molecule has 0 aliphatic rings. The van der Waals surface area contributed by atoms with E-state index in [0.29, 0.717) is 19.8 Å². The maximum atomic E-state index is 6.11. The standard InChI is InChI=1S/C10H23ClO3Si/c1-6-12-15(13-7-2,14-8-3)10(5)9(4)11/h9-10H,6-8H2,1-5H3. The lowest BCUT2D eigenvalue weighted by molar-refractivity contribution is 0.0624. The van der Waals surface area contributed by atoms with Crippen LogP contribution in [0.2, 0.25) is 5.54 Å². The van der Waals surface area contributed by atoms with Crippen LogP contribution in [0.1, 0.15) is 34.6 Å². The van der Waals surface area contributed by atoms with Crippen LogP contribution < -0.4 is 0 Å². The first kappa shape index (κ1) is 15.4. The summed E-state index contributed by atoms with van der Waals surface area (Å²) in [5.41, 5.74) is 0.110. The zero-order valence-electron chi connectivity index (χ0n) is 10.4. The summed E-state index contributed by atoms with van der Waals surface area (Å²) in [6.07, 6.45) is 0. The van der Waals surface area contributed by atoms with Gasteiger partial charge in [0.05, 0.1) is 0 Å². The van der Waals surface area contributed by atoms with Crippen molar-refractivity contribution in [1.29, 1.82) is 0 Å². The highest BCUT2D eigenvalue weighted by Crippen LogP contribution is 2.31. The van der Waals surface area contributed by atoms with Gasteiger partial charge in [0, 0.05) is 30.7 Å². The number of rotatable bonds is 8. The van der Waals surface area contributed by atoms with Crippen LogP contribution in [0.15, 0.2) is 0 Å². The molecule has 0 amide bonds. The number of hydrogen-bond donors (Lipinski definition) is 0. The highest BCUT2D eigenvalue weighted by Gasteiger charge is 2.48. The van der Waals surface area contributed by atoms with E-state index >= 15 is 0 Å². The summed E-state index contributed by atoms with van der Waals surface area (Å²) in [7, 11) is -2.59. The van der Waals surface area contributed by atoms with Crippen molar-refractivity contribution in [2.75, 3.05) is 19.8 Å². The summed E-state index contributed by atoms with van der Waals surface area (Å²) < 4.78 is 17.2. The Morgan fingerprint density at radius 1 is 0.933 bits per heavy atom. The second-order valence-corrected chi connectivity index (χ2v) is 7.04. The topological polar surface area (TPSA) is 27.7 Å². The molecule has 15 heavy (non-hydrogen) atoms. The molecule has 0 spiro atoms. The fraction of sp³-hybridized carbons (Fsp3) is 1.00. The van der Waals surface area contributed by atoms with E-state index in [2.05, 4.69) is 0 Å². The molecule has 0 radical (unpaired) electrons. The van der Waals surface area contributed by atoms with Crippen LogP contribution in [0.4, 0.5) is 0 Å². The Bertz CT molecular complexity index is 150. The Kier molecular flexibility index (Phi) is 7.82. The molecule has 2 unspecified atom stereocenters. The molecule has 5 heteroatoms. The normalized spacial score (nSPS) is 16.4. The van der Waals surface area contributed by atoms with Gasteiger partial charge in [0.1, 0.15) is 0 Å². The number of hydrogen-bond acceptors (Lipinski definition) is 3. The lowest BCUT2D eigenvalue weighted by atomic mass is 10.4. The molecule has 0 aromatic rings. The average molecular weight is 255 g/mol.